The molecular weight excluding hydrogens is 568 g/mol. The highest BCUT2D eigenvalue weighted by Crippen LogP contribution is 2.63. The van der Waals surface area contributed by atoms with Crippen LogP contribution in [0, 0.1) is 23.7 Å². The zero-order valence-electron chi connectivity index (χ0n) is 26.9. The largest absolute Gasteiger partial charge is 0.466 e. The predicted octanol–water partition coefficient (Wildman–Crippen LogP) is 5.65. The fraction of sp³-hybridized carbons (Fsp3) is 0.727. The summed E-state index contributed by atoms with van der Waals surface area (Å²) in [6.45, 7) is 10.8. The Hall–Kier alpha value is -2.11. The van der Waals surface area contributed by atoms with Gasteiger partial charge in [-0.25, -0.2) is 9.59 Å². The van der Waals surface area contributed by atoms with Crippen LogP contribution in [-0.4, -0.2) is 71.2 Å². The summed E-state index contributed by atoms with van der Waals surface area (Å²) in [4.78, 5) is 41.7. The van der Waals surface area contributed by atoms with Crippen molar-refractivity contribution in [1.82, 2.24) is 0 Å². The number of hydrogen-bond acceptors (Lipinski definition) is 9. The van der Waals surface area contributed by atoms with Crippen LogP contribution < -0.4 is 0 Å². The molecule has 240 valence electrons. The summed E-state index contributed by atoms with van der Waals surface area (Å²) in [5.74, 6) is -6.53. The molecule has 9 nitrogen and oxygen atoms in total. The van der Waals surface area contributed by atoms with Crippen LogP contribution in [0.25, 0.3) is 0 Å². The van der Waals surface area contributed by atoms with Crippen LogP contribution in [0.1, 0.15) is 65.2 Å². The van der Waals surface area contributed by atoms with Gasteiger partial charge in [0.1, 0.15) is 6.10 Å². The molecule has 2 saturated heterocycles. The molecule has 1 saturated carbocycles. The van der Waals surface area contributed by atoms with Crippen LogP contribution in [0.3, 0.4) is 0 Å². The van der Waals surface area contributed by atoms with Gasteiger partial charge in [0.15, 0.2) is 19.9 Å². The highest BCUT2D eigenvalue weighted by atomic mass is 28.4. The van der Waals surface area contributed by atoms with Gasteiger partial charge in [-0.15, -0.1) is 0 Å². The maximum absolute atomic E-state index is 14.9. The van der Waals surface area contributed by atoms with Crippen LogP contribution in [0.5, 0.6) is 0 Å². The van der Waals surface area contributed by atoms with Gasteiger partial charge in [0.05, 0.1) is 50.4 Å². The minimum absolute atomic E-state index is 0.104. The first kappa shape index (κ1) is 33.8. The van der Waals surface area contributed by atoms with Crippen molar-refractivity contribution in [3.8, 4) is 0 Å². The number of carbonyl (C=O) groups excluding carboxylic acids is 3. The fourth-order valence-electron chi connectivity index (χ4n) is 7.71. The first-order valence-electron chi connectivity index (χ1n) is 15.8. The Kier molecular flexibility index (Phi) is 10.9. The number of rotatable bonds is 14. The molecule has 3 fully saturated rings. The highest BCUT2D eigenvalue weighted by molar-refractivity contribution is 6.70. The monoisotopic (exact) mass is 618 g/mol. The number of ether oxygens (including phenoxy) is 5. The Bertz CT molecular complexity index is 1130. The van der Waals surface area contributed by atoms with E-state index >= 15 is 0 Å². The Morgan fingerprint density at radius 1 is 0.930 bits per heavy atom. The standard InChI is InChI=1S/C33H50O9Si/c1-8-10-12-13-14-15-17-22-23-21-24(32(18-16-11-9-2)39-19-20-40-32)41-33(42-43(5,6)7)28(23)27(31(36)38-4)26(30(35)37-3)25(22)29(33)34/h8-11,22-25,28H,12-21H2,1-7H3/b10-8+,11-9+/t22-,23-,24-,25+,28-,33+/m1/s1. The lowest BCUT2D eigenvalue weighted by atomic mass is 9.50. The van der Waals surface area contributed by atoms with E-state index in [-0.39, 0.29) is 28.8 Å². The van der Waals surface area contributed by atoms with Gasteiger partial charge >= 0.3 is 11.9 Å². The quantitative estimate of drug-likeness (QED) is 0.106. The normalized spacial score (nSPS) is 31.8. The van der Waals surface area contributed by atoms with E-state index in [2.05, 4.69) is 18.2 Å². The summed E-state index contributed by atoms with van der Waals surface area (Å²) in [5, 5.41) is 0. The van der Waals surface area contributed by atoms with Crippen LogP contribution in [0.2, 0.25) is 19.6 Å². The average Bonchev–Trinajstić information content (AvgIpc) is 3.45. The summed E-state index contributed by atoms with van der Waals surface area (Å²) in [6.07, 6.45) is 14.1. The number of hydrogen-bond donors (Lipinski definition) is 0. The van der Waals surface area contributed by atoms with E-state index in [4.69, 9.17) is 28.1 Å². The highest BCUT2D eigenvalue weighted by Gasteiger charge is 2.73. The Morgan fingerprint density at radius 3 is 2.16 bits per heavy atom. The van der Waals surface area contributed by atoms with Crippen molar-refractivity contribution >= 4 is 26.0 Å². The molecule has 6 atom stereocenters. The van der Waals surface area contributed by atoms with Crippen LogP contribution in [-0.2, 0) is 42.5 Å². The molecule has 0 unspecified atom stereocenters. The Labute approximate surface area is 257 Å². The minimum atomic E-state index is -2.47. The zero-order chi connectivity index (χ0) is 31.4. The topological polar surface area (TPSA) is 107 Å². The lowest BCUT2D eigenvalue weighted by Crippen LogP contribution is -2.74. The van der Waals surface area contributed by atoms with Crippen molar-refractivity contribution in [2.75, 3.05) is 27.4 Å². The van der Waals surface area contributed by atoms with Gasteiger partial charge in [-0.3, -0.25) is 4.79 Å². The first-order chi connectivity index (χ1) is 20.5. The molecule has 4 bridgehead atoms. The number of ketones is 1. The third-order valence-corrected chi connectivity index (χ3v) is 10.1. The smallest absolute Gasteiger partial charge is 0.335 e. The molecule has 0 aromatic rings. The lowest BCUT2D eigenvalue weighted by molar-refractivity contribution is -0.343. The molecule has 0 radical (unpaired) electrons. The second-order valence-electron chi connectivity index (χ2n) is 13.0. The lowest BCUT2D eigenvalue weighted by Gasteiger charge is -2.63. The SMILES string of the molecule is C/C=C/CCCCC[C@H]1[C@@H]2C(=O)[C@]3(O[Si](C)(C)C)O[C@@H](C4(CC/C=C/C)OCCO4)C[C@H]1[C@@H]3C(C(=O)OC)=C2C(=O)OC. The van der Waals surface area contributed by atoms with Crippen LogP contribution >= 0.6 is 0 Å². The molecule has 3 aliphatic carbocycles. The van der Waals surface area contributed by atoms with Crippen molar-refractivity contribution in [3.05, 3.63) is 35.5 Å². The Morgan fingerprint density at radius 2 is 1.56 bits per heavy atom. The van der Waals surface area contributed by atoms with Gasteiger partial charge in [0, 0.05) is 6.42 Å². The van der Waals surface area contributed by atoms with Gasteiger partial charge in [-0.2, -0.15) is 0 Å². The van der Waals surface area contributed by atoms with Gasteiger partial charge in [-0.1, -0.05) is 37.1 Å². The van der Waals surface area contributed by atoms with Crippen molar-refractivity contribution in [2.24, 2.45) is 23.7 Å². The molecule has 0 aromatic carbocycles. The number of esters is 2. The number of carbonyl (C=O) groups is 3. The number of unbranched alkanes of at least 4 members (excludes halogenated alkanes) is 3. The van der Waals surface area contributed by atoms with Crippen LogP contribution in [0.15, 0.2) is 35.5 Å². The molecule has 2 aliphatic heterocycles. The molecule has 43 heavy (non-hydrogen) atoms. The molecule has 5 rings (SSSR count). The van der Waals surface area contributed by atoms with Gasteiger partial charge in [0.25, 0.3) is 0 Å². The van der Waals surface area contributed by atoms with E-state index in [1.165, 1.54) is 14.2 Å². The van der Waals surface area contributed by atoms with Gasteiger partial charge in [0.2, 0.25) is 5.79 Å². The summed E-state index contributed by atoms with van der Waals surface area (Å²) in [5.41, 5.74) is 0.258. The molecule has 0 amide bonds. The number of allylic oxidation sites excluding steroid dienone is 4. The summed E-state index contributed by atoms with van der Waals surface area (Å²) in [7, 11) is 0.0945. The van der Waals surface area contributed by atoms with E-state index in [9.17, 15) is 14.4 Å². The molecule has 0 N–H and O–H groups in total. The summed E-state index contributed by atoms with van der Waals surface area (Å²) >= 11 is 0. The molecule has 2 heterocycles. The van der Waals surface area contributed by atoms with Crippen molar-refractivity contribution in [1.29, 1.82) is 0 Å². The van der Waals surface area contributed by atoms with Gasteiger partial charge < -0.3 is 28.1 Å². The predicted molar refractivity (Wildman–Crippen MR) is 163 cm³/mol. The number of methoxy groups -OCH3 is 2. The van der Waals surface area contributed by atoms with E-state index in [0.29, 0.717) is 26.1 Å². The Balaban J connectivity index is 1.85. The summed E-state index contributed by atoms with van der Waals surface area (Å²) < 4.78 is 36.7. The molecule has 0 spiro atoms. The maximum atomic E-state index is 14.9. The third-order valence-electron chi connectivity index (χ3n) is 9.23. The summed E-state index contributed by atoms with van der Waals surface area (Å²) in [6, 6.07) is 0. The van der Waals surface area contributed by atoms with E-state index < -0.39 is 49.8 Å². The molecule has 5 aliphatic rings. The zero-order valence-corrected chi connectivity index (χ0v) is 27.9. The second kappa shape index (κ2) is 13.9. The van der Waals surface area contributed by atoms with E-state index in [0.717, 1.165) is 38.5 Å². The second-order valence-corrected chi connectivity index (χ2v) is 17.4. The maximum Gasteiger partial charge on any atom is 0.335 e. The fourth-order valence-corrected chi connectivity index (χ4v) is 8.89. The average molecular weight is 619 g/mol. The van der Waals surface area contributed by atoms with Crippen molar-refractivity contribution in [2.45, 2.75) is 103 Å². The molecular formula is C33H50O9Si. The first-order valence-corrected chi connectivity index (χ1v) is 19.2. The van der Waals surface area contributed by atoms with Crippen molar-refractivity contribution in [3.63, 3.8) is 0 Å². The van der Waals surface area contributed by atoms with Crippen molar-refractivity contribution < 1.29 is 42.5 Å². The molecule has 0 aromatic heterocycles. The van der Waals surface area contributed by atoms with E-state index in [1.807, 2.05) is 39.6 Å². The molecule has 10 heteroatoms. The third kappa shape index (κ3) is 6.50. The minimum Gasteiger partial charge on any atom is -0.466 e. The van der Waals surface area contributed by atoms with Gasteiger partial charge in [-0.05, 0) is 77.4 Å². The van der Waals surface area contributed by atoms with Crippen LogP contribution in [0.4, 0.5) is 0 Å². The van der Waals surface area contributed by atoms with E-state index in [1.54, 1.807) is 0 Å². The number of Topliss-reactive ketones (excluding diaryl/α,β-unsaturated/α-hetero) is 1.